The largest absolute Gasteiger partial charge is 0.401 e. The minimum absolute atomic E-state index is 0. The van der Waals surface area contributed by atoms with Crippen molar-refractivity contribution in [2.24, 2.45) is 10.9 Å². The molecule has 1 aliphatic heterocycles. The number of rotatable bonds is 7. The standard InChI is InChI=1S/C18H30F3N5S.HI/c1-5-22-17(23-9-16-13(3)24-14(4)27-16)26-8-7-15(11-26)10-25(6-2)12-18(19,20)21;/h15H,5-12H2,1-4H3,(H,22,23);1H. The lowest BCUT2D eigenvalue weighted by molar-refractivity contribution is -0.146. The third-order valence-corrected chi connectivity index (χ3v) is 5.72. The molecule has 1 fully saturated rings. The number of hydrogen-bond donors (Lipinski definition) is 1. The summed E-state index contributed by atoms with van der Waals surface area (Å²) in [5, 5.41) is 4.35. The van der Waals surface area contributed by atoms with Crippen molar-refractivity contribution in [3.05, 3.63) is 15.6 Å². The van der Waals surface area contributed by atoms with Crippen LogP contribution in [0.15, 0.2) is 4.99 Å². The summed E-state index contributed by atoms with van der Waals surface area (Å²) in [5.74, 6) is 1.06. The fourth-order valence-corrected chi connectivity index (χ4v) is 4.25. The second-order valence-electron chi connectivity index (χ2n) is 6.96. The van der Waals surface area contributed by atoms with E-state index >= 15 is 0 Å². The molecular weight excluding hydrogens is 502 g/mol. The average Bonchev–Trinajstić information content (AvgIpc) is 3.15. The Hall–Kier alpha value is -0.620. The van der Waals surface area contributed by atoms with Gasteiger partial charge in [0.2, 0.25) is 0 Å². The minimum atomic E-state index is -4.14. The number of aliphatic imine (C=N–C) groups is 1. The molecule has 1 N–H and O–H groups in total. The van der Waals surface area contributed by atoms with Crippen molar-refractivity contribution in [1.82, 2.24) is 20.1 Å². The van der Waals surface area contributed by atoms with E-state index in [0.717, 1.165) is 47.6 Å². The maximum atomic E-state index is 12.7. The Bertz CT molecular complexity index is 635. The lowest BCUT2D eigenvalue weighted by Gasteiger charge is -2.26. The fraction of sp³-hybridized carbons (Fsp3) is 0.778. The molecule has 0 radical (unpaired) electrons. The number of thiazole rings is 1. The number of hydrogen-bond acceptors (Lipinski definition) is 4. The average molecular weight is 533 g/mol. The highest BCUT2D eigenvalue weighted by Gasteiger charge is 2.33. The summed E-state index contributed by atoms with van der Waals surface area (Å²) in [7, 11) is 0. The van der Waals surface area contributed by atoms with Gasteiger partial charge in [0.05, 0.1) is 23.8 Å². The van der Waals surface area contributed by atoms with Gasteiger partial charge in [0.15, 0.2) is 5.96 Å². The lowest BCUT2D eigenvalue weighted by atomic mass is 10.1. The Balaban J connectivity index is 0.00000392. The first-order chi connectivity index (χ1) is 12.7. The van der Waals surface area contributed by atoms with Crippen molar-refractivity contribution in [2.75, 3.05) is 39.3 Å². The van der Waals surface area contributed by atoms with Crippen LogP contribution in [0, 0.1) is 19.8 Å². The summed E-state index contributed by atoms with van der Waals surface area (Å²) in [6.45, 7) is 10.7. The highest BCUT2D eigenvalue weighted by Crippen LogP contribution is 2.22. The Morgan fingerprint density at radius 2 is 2.07 bits per heavy atom. The molecule has 10 heteroatoms. The van der Waals surface area contributed by atoms with E-state index in [9.17, 15) is 13.2 Å². The van der Waals surface area contributed by atoms with E-state index in [1.54, 1.807) is 18.3 Å². The van der Waals surface area contributed by atoms with Gasteiger partial charge in [-0.15, -0.1) is 35.3 Å². The van der Waals surface area contributed by atoms with Gasteiger partial charge in [0.1, 0.15) is 0 Å². The molecule has 28 heavy (non-hydrogen) atoms. The molecule has 0 saturated carbocycles. The number of halogens is 4. The van der Waals surface area contributed by atoms with Gasteiger partial charge in [0.25, 0.3) is 0 Å². The molecule has 0 aliphatic carbocycles. The van der Waals surface area contributed by atoms with Gasteiger partial charge in [-0.05, 0) is 39.7 Å². The summed E-state index contributed by atoms with van der Waals surface area (Å²) in [5.41, 5.74) is 1.02. The lowest BCUT2D eigenvalue weighted by Crippen LogP contribution is -2.41. The normalized spacial score (nSPS) is 17.9. The summed E-state index contributed by atoms with van der Waals surface area (Å²) >= 11 is 1.66. The second kappa shape index (κ2) is 11.5. The van der Waals surface area contributed by atoms with Crippen LogP contribution >= 0.6 is 35.3 Å². The predicted octanol–water partition coefficient (Wildman–Crippen LogP) is 4.05. The van der Waals surface area contributed by atoms with Crippen molar-refractivity contribution in [3.63, 3.8) is 0 Å². The predicted molar refractivity (Wildman–Crippen MR) is 120 cm³/mol. The molecule has 0 amide bonds. The van der Waals surface area contributed by atoms with Gasteiger partial charge in [-0.25, -0.2) is 9.98 Å². The van der Waals surface area contributed by atoms with Gasteiger partial charge in [-0.2, -0.15) is 13.2 Å². The summed E-state index contributed by atoms with van der Waals surface area (Å²) in [4.78, 5) is 14.0. The van der Waals surface area contributed by atoms with E-state index in [1.165, 1.54) is 4.90 Å². The van der Waals surface area contributed by atoms with Crippen LogP contribution in [-0.4, -0.2) is 66.2 Å². The molecule has 5 nitrogen and oxygen atoms in total. The van der Waals surface area contributed by atoms with E-state index in [-0.39, 0.29) is 29.9 Å². The van der Waals surface area contributed by atoms with Crippen LogP contribution in [0.4, 0.5) is 13.2 Å². The second-order valence-corrected chi connectivity index (χ2v) is 8.24. The maximum Gasteiger partial charge on any atom is 0.401 e. The summed E-state index contributed by atoms with van der Waals surface area (Å²) in [6.07, 6.45) is -3.26. The molecule has 0 bridgehead atoms. The first-order valence-electron chi connectivity index (χ1n) is 9.47. The van der Waals surface area contributed by atoms with Gasteiger partial charge >= 0.3 is 6.18 Å². The molecule has 162 valence electrons. The van der Waals surface area contributed by atoms with Crippen molar-refractivity contribution in [3.8, 4) is 0 Å². The molecule has 2 heterocycles. The molecule has 1 unspecified atom stereocenters. The number of guanidine groups is 1. The van der Waals surface area contributed by atoms with Gasteiger partial charge < -0.3 is 10.2 Å². The quantitative estimate of drug-likeness (QED) is 0.327. The number of alkyl halides is 3. The molecule has 1 atom stereocenters. The topological polar surface area (TPSA) is 43.8 Å². The zero-order valence-electron chi connectivity index (χ0n) is 17.0. The van der Waals surface area contributed by atoms with Gasteiger partial charge in [-0.3, -0.25) is 4.90 Å². The molecule has 2 rings (SSSR count). The zero-order valence-corrected chi connectivity index (χ0v) is 20.1. The van der Waals surface area contributed by atoms with Crippen LogP contribution in [-0.2, 0) is 6.54 Å². The monoisotopic (exact) mass is 533 g/mol. The molecule has 1 aromatic heterocycles. The molecular formula is C18H31F3IN5S. The third kappa shape index (κ3) is 8.02. The van der Waals surface area contributed by atoms with E-state index < -0.39 is 12.7 Å². The number of aromatic nitrogens is 1. The molecule has 0 aromatic carbocycles. The molecule has 0 spiro atoms. The van der Waals surface area contributed by atoms with Crippen LogP contribution in [0.3, 0.4) is 0 Å². The van der Waals surface area contributed by atoms with Crippen molar-refractivity contribution < 1.29 is 13.2 Å². The molecule has 1 saturated heterocycles. The molecule has 1 aromatic rings. The SMILES string of the molecule is CCNC(=NCc1sc(C)nc1C)N1CCC(CN(CC)CC(F)(F)F)C1.I. The number of nitrogens with one attached hydrogen (secondary N) is 1. The van der Waals surface area contributed by atoms with Crippen molar-refractivity contribution >= 4 is 41.3 Å². The Morgan fingerprint density at radius 3 is 2.61 bits per heavy atom. The Morgan fingerprint density at radius 1 is 1.36 bits per heavy atom. The number of aryl methyl sites for hydroxylation is 2. The number of nitrogens with zero attached hydrogens (tertiary/aromatic N) is 4. The highest BCUT2D eigenvalue weighted by atomic mass is 127. The summed E-state index contributed by atoms with van der Waals surface area (Å²) in [6, 6.07) is 0. The van der Waals surface area contributed by atoms with Crippen LogP contribution in [0.2, 0.25) is 0 Å². The maximum absolute atomic E-state index is 12.7. The van der Waals surface area contributed by atoms with Crippen LogP contribution in [0.25, 0.3) is 0 Å². The van der Waals surface area contributed by atoms with Crippen molar-refractivity contribution in [1.29, 1.82) is 0 Å². The zero-order chi connectivity index (χ0) is 20.0. The molecule has 1 aliphatic rings. The van der Waals surface area contributed by atoms with E-state index in [4.69, 9.17) is 4.99 Å². The van der Waals surface area contributed by atoms with Crippen molar-refractivity contribution in [2.45, 2.75) is 46.8 Å². The van der Waals surface area contributed by atoms with Gasteiger partial charge in [0, 0.05) is 31.1 Å². The highest BCUT2D eigenvalue weighted by molar-refractivity contribution is 14.0. The first kappa shape index (κ1) is 25.4. The van der Waals surface area contributed by atoms with Crippen LogP contribution in [0.5, 0.6) is 0 Å². The van der Waals surface area contributed by atoms with Crippen LogP contribution < -0.4 is 5.32 Å². The fourth-order valence-electron chi connectivity index (χ4n) is 3.39. The summed E-state index contributed by atoms with van der Waals surface area (Å²) < 4.78 is 38.0. The Labute approximate surface area is 186 Å². The van der Waals surface area contributed by atoms with Crippen LogP contribution in [0.1, 0.15) is 35.8 Å². The first-order valence-corrected chi connectivity index (χ1v) is 10.3. The third-order valence-electron chi connectivity index (χ3n) is 4.66. The number of likely N-dealkylation sites (tertiary alicyclic amines) is 1. The minimum Gasteiger partial charge on any atom is -0.357 e. The van der Waals surface area contributed by atoms with Gasteiger partial charge in [-0.1, -0.05) is 6.92 Å². The van der Waals surface area contributed by atoms with E-state index in [2.05, 4.69) is 15.2 Å². The Kier molecular flexibility index (Phi) is 10.5. The smallest absolute Gasteiger partial charge is 0.357 e. The van der Waals surface area contributed by atoms with E-state index in [1.807, 2.05) is 20.8 Å². The van der Waals surface area contributed by atoms with E-state index in [0.29, 0.717) is 19.6 Å².